The monoisotopic (exact) mass is 420 g/mol. The van der Waals surface area contributed by atoms with Gasteiger partial charge in [0.15, 0.2) is 5.13 Å². The standard InChI is InChI=1S/C21H20N6O2S/c1-11-4-13(14-5-12-7-24-27(2)17(12)6-18(14)29-3)15(8-23-11)20(28)26-21-25-16-9-22-10-19(16)30-21/h4-8,22H,9-10H2,1-3H3,(H,25,26,28). The van der Waals surface area contributed by atoms with Crippen molar-refractivity contribution in [3.05, 3.63) is 52.4 Å². The molecule has 0 atom stereocenters. The van der Waals surface area contributed by atoms with Crippen molar-refractivity contribution in [2.75, 3.05) is 12.4 Å². The fourth-order valence-electron chi connectivity index (χ4n) is 3.70. The van der Waals surface area contributed by atoms with Crippen LogP contribution in [0.3, 0.4) is 0 Å². The number of thiazole rings is 1. The summed E-state index contributed by atoms with van der Waals surface area (Å²) in [6.07, 6.45) is 3.41. The predicted octanol–water partition coefficient (Wildman–Crippen LogP) is 3.26. The Bertz CT molecular complexity index is 1270. The number of hydrogen-bond donors (Lipinski definition) is 2. The summed E-state index contributed by atoms with van der Waals surface area (Å²) in [5.41, 5.74) is 4.82. The lowest BCUT2D eigenvalue weighted by Gasteiger charge is -2.14. The molecule has 0 spiro atoms. The van der Waals surface area contributed by atoms with Crippen LogP contribution in [0.5, 0.6) is 5.75 Å². The van der Waals surface area contributed by atoms with Crippen LogP contribution in [0.15, 0.2) is 30.6 Å². The van der Waals surface area contributed by atoms with Crippen molar-refractivity contribution in [1.29, 1.82) is 0 Å². The molecule has 2 N–H and O–H groups in total. The normalized spacial score (nSPS) is 12.9. The number of carbonyl (C=O) groups excluding carboxylic acids is 1. The number of rotatable bonds is 4. The molecule has 0 radical (unpaired) electrons. The van der Waals surface area contributed by atoms with Gasteiger partial charge in [0, 0.05) is 59.5 Å². The number of aromatic nitrogens is 4. The molecule has 30 heavy (non-hydrogen) atoms. The quantitative estimate of drug-likeness (QED) is 0.526. The van der Waals surface area contributed by atoms with Gasteiger partial charge in [0.05, 0.1) is 30.1 Å². The van der Waals surface area contributed by atoms with Gasteiger partial charge in [0.1, 0.15) is 5.75 Å². The second-order valence-corrected chi connectivity index (χ2v) is 8.28. The summed E-state index contributed by atoms with van der Waals surface area (Å²) < 4.78 is 7.45. The number of nitrogens with zero attached hydrogens (tertiary/aromatic N) is 4. The van der Waals surface area contributed by atoms with E-state index < -0.39 is 0 Å². The maximum absolute atomic E-state index is 13.2. The Hall–Kier alpha value is -3.30. The minimum atomic E-state index is -0.244. The summed E-state index contributed by atoms with van der Waals surface area (Å²) in [7, 11) is 3.51. The van der Waals surface area contributed by atoms with E-state index in [1.165, 1.54) is 11.3 Å². The van der Waals surface area contributed by atoms with Gasteiger partial charge < -0.3 is 10.1 Å². The van der Waals surface area contributed by atoms with E-state index >= 15 is 0 Å². The summed E-state index contributed by atoms with van der Waals surface area (Å²) in [6.45, 7) is 3.43. The largest absolute Gasteiger partial charge is 0.496 e. The van der Waals surface area contributed by atoms with Crippen LogP contribution in [0.2, 0.25) is 0 Å². The van der Waals surface area contributed by atoms with E-state index in [-0.39, 0.29) is 5.91 Å². The third-order valence-electron chi connectivity index (χ3n) is 5.22. The van der Waals surface area contributed by atoms with Gasteiger partial charge in [-0.05, 0) is 19.1 Å². The molecule has 0 bridgehead atoms. The van der Waals surface area contributed by atoms with E-state index in [1.54, 1.807) is 24.2 Å². The van der Waals surface area contributed by atoms with Crippen molar-refractivity contribution >= 4 is 33.3 Å². The zero-order valence-electron chi connectivity index (χ0n) is 16.8. The zero-order valence-corrected chi connectivity index (χ0v) is 17.6. The van der Waals surface area contributed by atoms with Crippen LogP contribution in [0.25, 0.3) is 22.0 Å². The highest BCUT2D eigenvalue weighted by Crippen LogP contribution is 2.36. The molecule has 3 aromatic heterocycles. The molecule has 9 heteroatoms. The minimum Gasteiger partial charge on any atom is -0.496 e. The van der Waals surface area contributed by atoms with Gasteiger partial charge in [0.25, 0.3) is 5.91 Å². The highest BCUT2D eigenvalue weighted by atomic mass is 32.1. The third kappa shape index (κ3) is 3.12. The van der Waals surface area contributed by atoms with E-state index in [0.717, 1.165) is 51.4 Å². The van der Waals surface area contributed by atoms with Crippen LogP contribution in [0, 0.1) is 6.92 Å². The summed E-state index contributed by atoms with van der Waals surface area (Å²) in [5, 5.41) is 12.1. The fraction of sp³-hybridized carbons (Fsp3) is 0.238. The molecule has 0 unspecified atom stereocenters. The van der Waals surface area contributed by atoms with Gasteiger partial charge in [-0.25, -0.2) is 4.98 Å². The van der Waals surface area contributed by atoms with Crippen LogP contribution < -0.4 is 15.4 Å². The zero-order chi connectivity index (χ0) is 20.8. The number of ether oxygens (including phenoxy) is 1. The molecule has 4 aromatic rings. The molecule has 1 aromatic carbocycles. The summed E-state index contributed by atoms with van der Waals surface area (Å²) >= 11 is 1.50. The number of aryl methyl sites for hydroxylation is 2. The molecule has 1 aliphatic heterocycles. The van der Waals surface area contributed by atoms with Crippen LogP contribution >= 0.6 is 11.3 Å². The van der Waals surface area contributed by atoms with Crippen LogP contribution in [-0.2, 0) is 20.1 Å². The predicted molar refractivity (Wildman–Crippen MR) is 116 cm³/mol. The van der Waals surface area contributed by atoms with Crippen molar-refractivity contribution < 1.29 is 9.53 Å². The molecular formula is C21H20N6O2S. The van der Waals surface area contributed by atoms with E-state index in [9.17, 15) is 4.79 Å². The Morgan fingerprint density at radius 2 is 2.10 bits per heavy atom. The molecule has 1 aliphatic rings. The van der Waals surface area contributed by atoms with E-state index in [2.05, 4.69) is 25.7 Å². The number of amides is 1. The van der Waals surface area contributed by atoms with E-state index in [4.69, 9.17) is 4.74 Å². The second kappa shape index (κ2) is 7.19. The lowest BCUT2D eigenvalue weighted by atomic mass is 9.98. The number of carbonyl (C=O) groups is 1. The van der Waals surface area contributed by atoms with Gasteiger partial charge >= 0.3 is 0 Å². The summed E-state index contributed by atoms with van der Waals surface area (Å²) in [6, 6.07) is 5.84. The highest BCUT2D eigenvalue weighted by molar-refractivity contribution is 7.15. The van der Waals surface area contributed by atoms with Gasteiger partial charge in [-0.15, -0.1) is 11.3 Å². The SMILES string of the molecule is COc1cc2c(cnn2C)cc1-c1cc(C)ncc1C(=O)Nc1nc2c(s1)CNC2. The van der Waals surface area contributed by atoms with Crippen molar-refractivity contribution in [1.82, 2.24) is 25.1 Å². The first kappa shape index (κ1) is 18.7. The summed E-state index contributed by atoms with van der Waals surface area (Å²) in [4.78, 5) is 23.2. The number of fused-ring (bicyclic) bond motifs is 2. The topological polar surface area (TPSA) is 94.0 Å². The summed E-state index contributed by atoms with van der Waals surface area (Å²) in [5.74, 6) is 0.427. The average Bonchev–Trinajstić information content (AvgIpc) is 3.42. The maximum atomic E-state index is 13.2. The van der Waals surface area contributed by atoms with E-state index in [0.29, 0.717) is 16.4 Å². The minimum absolute atomic E-state index is 0.244. The average molecular weight is 420 g/mol. The number of pyridine rings is 1. The Kier molecular flexibility index (Phi) is 4.48. The third-order valence-corrected chi connectivity index (χ3v) is 6.23. The molecule has 4 heterocycles. The van der Waals surface area contributed by atoms with Crippen molar-refractivity contribution in [3.8, 4) is 16.9 Å². The molecule has 0 saturated heterocycles. The van der Waals surface area contributed by atoms with Crippen LogP contribution in [0.1, 0.15) is 26.6 Å². The Morgan fingerprint density at radius 3 is 2.90 bits per heavy atom. The number of hydrogen-bond acceptors (Lipinski definition) is 7. The Balaban J connectivity index is 1.58. The van der Waals surface area contributed by atoms with E-state index in [1.807, 2.05) is 32.2 Å². The first-order chi connectivity index (χ1) is 14.5. The Morgan fingerprint density at radius 1 is 1.23 bits per heavy atom. The lowest BCUT2D eigenvalue weighted by Crippen LogP contribution is -2.14. The molecule has 1 amide bonds. The lowest BCUT2D eigenvalue weighted by molar-refractivity contribution is 0.102. The number of nitrogens with one attached hydrogen (secondary N) is 2. The van der Waals surface area contributed by atoms with Crippen LogP contribution in [-0.4, -0.2) is 32.8 Å². The molecule has 0 fully saturated rings. The van der Waals surface area contributed by atoms with Gasteiger partial charge in [-0.3, -0.25) is 19.8 Å². The molecule has 0 saturated carbocycles. The van der Waals surface area contributed by atoms with Gasteiger partial charge in [0.2, 0.25) is 0 Å². The molecular weight excluding hydrogens is 400 g/mol. The number of methoxy groups -OCH3 is 1. The van der Waals surface area contributed by atoms with Crippen molar-refractivity contribution in [2.24, 2.45) is 7.05 Å². The molecule has 152 valence electrons. The first-order valence-electron chi connectivity index (χ1n) is 9.51. The second-order valence-electron chi connectivity index (χ2n) is 7.20. The van der Waals surface area contributed by atoms with Gasteiger partial charge in [-0.2, -0.15) is 5.10 Å². The van der Waals surface area contributed by atoms with Crippen LogP contribution in [0.4, 0.5) is 5.13 Å². The van der Waals surface area contributed by atoms with Gasteiger partial charge in [-0.1, -0.05) is 0 Å². The Labute approximate surface area is 176 Å². The number of benzene rings is 1. The molecule has 0 aliphatic carbocycles. The highest BCUT2D eigenvalue weighted by Gasteiger charge is 2.21. The fourth-order valence-corrected chi connectivity index (χ4v) is 4.64. The number of anilines is 1. The smallest absolute Gasteiger partial charge is 0.259 e. The first-order valence-corrected chi connectivity index (χ1v) is 10.3. The molecule has 5 rings (SSSR count). The van der Waals surface area contributed by atoms with Crippen molar-refractivity contribution in [3.63, 3.8) is 0 Å². The molecule has 8 nitrogen and oxygen atoms in total. The van der Waals surface area contributed by atoms with Crippen molar-refractivity contribution in [2.45, 2.75) is 20.0 Å². The maximum Gasteiger partial charge on any atom is 0.259 e.